The smallest absolute Gasteiger partial charge is 0.386 e. The molecule has 0 aliphatic carbocycles. The molecule has 2 aliphatic rings. The summed E-state index contributed by atoms with van der Waals surface area (Å²) in [6.45, 7) is 2.20. The summed E-state index contributed by atoms with van der Waals surface area (Å²) in [6.07, 6.45) is -3.98. The van der Waals surface area contributed by atoms with Crippen LogP contribution in [-0.4, -0.2) is 38.0 Å². The van der Waals surface area contributed by atoms with Crippen molar-refractivity contribution < 1.29 is 26.3 Å². The quantitative estimate of drug-likeness (QED) is 0.662. The summed E-state index contributed by atoms with van der Waals surface area (Å²) in [4.78, 5) is 5.53. The van der Waals surface area contributed by atoms with E-state index in [0.717, 1.165) is 23.5 Å². The third kappa shape index (κ3) is 3.77. The monoisotopic (exact) mass is 492 g/mol. The van der Waals surface area contributed by atoms with Gasteiger partial charge in [-0.25, -0.2) is 8.42 Å². The van der Waals surface area contributed by atoms with Crippen LogP contribution in [0.2, 0.25) is 5.02 Å². The van der Waals surface area contributed by atoms with Crippen molar-refractivity contribution in [1.29, 1.82) is 0 Å². The van der Waals surface area contributed by atoms with Crippen LogP contribution < -0.4 is 5.73 Å². The number of rotatable bonds is 2. The van der Waals surface area contributed by atoms with Gasteiger partial charge >= 0.3 is 6.18 Å². The van der Waals surface area contributed by atoms with Crippen molar-refractivity contribution in [3.05, 3.63) is 45.8 Å². The van der Waals surface area contributed by atoms with E-state index in [2.05, 4.69) is 4.99 Å². The van der Waals surface area contributed by atoms with Gasteiger partial charge in [-0.1, -0.05) is 23.7 Å². The minimum atomic E-state index is -4.47. The van der Waals surface area contributed by atoms with Gasteiger partial charge < -0.3 is 10.5 Å². The van der Waals surface area contributed by atoms with Crippen LogP contribution in [0.3, 0.4) is 0 Å². The topological polar surface area (TPSA) is 81.8 Å². The molecule has 4 rings (SSSR count). The standard InChI is InChI=1S/C20H20ClF3N2O3S2/c1-18(11-31(27,28)19(17(25)26-18)5-7-29-8-6-19)16-14(21)10-15(30-16)12-3-2-4-13(9-12)20(22,23)24/h2-4,9-10H,5-8,11H2,1H3,(H2,25,26)/t18-/m0/s1. The Morgan fingerprint density at radius 3 is 2.52 bits per heavy atom. The number of hydrogen-bond acceptors (Lipinski definition) is 6. The molecule has 11 heteroatoms. The summed E-state index contributed by atoms with van der Waals surface area (Å²) in [5.74, 6) is -0.252. The lowest BCUT2D eigenvalue weighted by atomic mass is 9.95. The van der Waals surface area contributed by atoms with Gasteiger partial charge in [0.25, 0.3) is 0 Å². The number of benzene rings is 1. The Kier molecular flexibility index (Phi) is 5.44. The van der Waals surface area contributed by atoms with E-state index in [1.165, 1.54) is 6.07 Å². The van der Waals surface area contributed by atoms with Gasteiger partial charge in [-0.2, -0.15) is 13.2 Å². The number of alkyl halides is 3. The summed E-state index contributed by atoms with van der Waals surface area (Å²) in [5, 5.41) is 0.245. The lowest BCUT2D eigenvalue weighted by Gasteiger charge is -2.43. The SMILES string of the molecule is C[C@@]1(c2sc(-c3cccc(C(F)(F)F)c3)cc2Cl)CS(=O)(=O)C2(CCOCC2)C(N)=N1. The summed E-state index contributed by atoms with van der Waals surface area (Å²) in [7, 11) is -3.69. The van der Waals surface area contributed by atoms with E-state index < -0.39 is 31.9 Å². The second-order valence-electron chi connectivity index (χ2n) is 8.00. The van der Waals surface area contributed by atoms with Crippen molar-refractivity contribution in [2.45, 2.75) is 36.2 Å². The van der Waals surface area contributed by atoms with Crippen LogP contribution in [0.25, 0.3) is 10.4 Å². The maximum Gasteiger partial charge on any atom is 0.416 e. The molecular formula is C20H20ClF3N2O3S2. The van der Waals surface area contributed by atoms with Crippen molar-refractivity contribution in [3.63, 3.8) is 0 Å². The summed E-state index contributed by atoms with van der Waals surface area (Å²) < 4.78 is 70.0. The van der Waals surface area contributed by atoms with Crippen molar-refractivity contribution in [2.75, 3.05) is 19.0 Å². The van der Waals surface area contributed by atoms with E-state index in [-0.39, 0.29) is 42.7 Å². The van der Waals surface area contributed by atoms with Crippen molar-refractivity contribution in [1.82, 2.24) is 0 Å². The van der Waals surface area contributed by atoms with E-state index in [9.17, 15) is 21.6 Å². The first-order valence-corrected chi connectivity index (χ1v) is 12.4. The first-order chi connectivity index (χ1) is 14.4. The molecular weight excluding hydrogens is 473 g/mol. The number of aliphatic imine (C=N–C) groups is 1. The minimum Gasteiger partial charge on any atom is -0.386 e. The highest BCUT2D eigenvalue weighted by atomic mass is 35.5. The van der Waals surface area contributed by atoms with Gasteiger partial charge in [-0.15, -0.1) is 11.3 Å². The average molecular weight is 493 g/mol. The van der Waals surface area contributed by atoms with Crippen LogP contribution in [0.4, 0.5) is 13.2 Å². The van der Waals surface area contributed by atoms with Gasteiger partial charge in [0.15, 0.2) is 9.84 Å². The third-order valence-corrected chi connectivity index (χ3v) is 10.4. The largest absolute Gasteiger partial charge is 0.416 e. The van der Waals surface area contributed by atoms with Gasteiger partial charge in [-0.3, -0.25) is 4.99 Å². The Bertz CT molecular complexity index is 1150. The molecule has 31 heavy (non-hydrogen) atoms. The van der Waals surface area contributed by atoms with Crippen LogP contribution >= 0.6 is 22.9 Å². The van der Waals surface area contributed by atoms with E-state index >= 15 is 0 Å². The predicted molar refractivity (Wildman–Crippen MR) is 115 cm³/mol. The van der Waals surface area contributed by atoms with Crippen LogP contribution in [0, 0.1) is 0 Å². The van der Waals surface area contributed by atoms with Gasteiger partial charge in [0.05, 0.1) is 21.2 Å². The lowest BCUT2D eigenvalue weighted by Crippen LogP contribution is -2.60. The molecule has 0 radical (unpaired) electrons. The highest BCUT2D eigenvalue weighted by Gasteiger charge is 2.55. The number of ether oxygens (including phenoxy) is 1. The first kappa shape index (κ1) is 22.6. The number of thiophene rings is 1. The zero-order chi connectivity index (χ0) is 22.7. The molecule has 0 unspecified atom stereocenters. The molecule has 0 saturated carbocycles. The van der Waals surface area contributed by atoms with Crippen LogP contribution in [0.15, 0.2) is 35.3 Å². The fourth-order valence-corrected chi connectivity index (χ4v) is 8.28. The normalized spacial score (nSPS) is 25.4. The zero-order valence-corrected chi connectivity index (χ0v) is 18.9. The number of hydrogen-bond donors (Lipinski definition) is 1. The molecule has 1 aromatic heterocycles. The second kappa shape index (κ2) is 7.47. The Balaban J connectivity index is 1.77. The lowest BCUT2D eigenvalue weighted by molar-refractivity contribution is -0.137. The van der Waals surface area contributed by atoms with Crippen LogP contribution in [0.1, 0.15) is 30.2 Å². The highest BCUT2D eigenvalue weighted by molar-refractivity contribution is 7.93. The molecule has 0 amide bonds. The number of halogens is 4. The molecule has 168 valence electrons. The number of nitrogens with zero attached hydrogens (tertiary/aromatic N) is 1. The summed E-state index contributed by atoms with van der Waals surface area (Å²) in [6, 6.07) is 6.45. The molecule has 1 aromatic carbocycles. The highest BCUT2D eigenvalue weighted by Crippen LogP contribution is 2.47. The fourth-order valence-electron chi connectivity index (χ4n) is 4.18. The maximum atomic E-state index is 13.3. The number of nitrogens with two attached hydrogens (primary N) is 1. The molecule has 2 aromatic rings. The van der Waals surface area contributed by atoms with Crippen molar-refractivity contribution in [3.8, 4) is 10.4 Å². The molecule has 1 spiro atoms. The van der Waals surface area contributed by atoms with Crippen LogP contribution in [0.5, 0.6) is 0 Å². The fraction of sp³-hybridized carbons (Fsp3) is 0.450. The molecule has 5 nitrogen and oxygen atoms in total. The Hall–Kier alpha value is -1.62. The maximum absolute atomic E-state index is 13.3. The molecule has 0 bridgehead atoms. The van der Waals surface area contributed by atoms with E-state index in [1.807, 2.05) is 0 Å². The summed E-state index contributed by atoms with van der Waals surface area (Å²) in [5.41, 5.74) is 4.56. The molecule has 1 fully saturated rings. The molecule has 1 saturated heterocycles. The molecule has 3 heterocycles. The predicted octanol–water partition coefficient (Wildman–Crippen LogP) is 4.64. The third-order valence-electron chi connectivity index (χ3n) is 5.85. The van der Waals surface area contributed by atoms with Crippen LogP contribution in [-0.2, 0) is 26.3 Å². The first-order valence-electron chi connectivity index (χ1n) is 9.51. The molecule has 1 atom stereocenters. The number of amidine groups is 1. The van der Waals surface area contributed by atoms with Gasteiger partial charge in [0.2, 0.25) is 0 Å². The Morgan fingerprint density at radius 2 is 1.90 bits per heavy atom. The Morgan fingerprint density at radius 1 is 1.23 bits per heavy atom. The Labute approximate surface area is 187 Å². The van der Waals surface area contributed by atoms with Crippen molar-refractivity contribution in [2.24, 2.45) is 10.7 Å². The van der Waals surface area contributed by atoms with E-state index in [0.29, 0.717) is 15.3 Å². The van der Waals surface area contributed by atoms with E-state index in [1.54, 1.807) is 19.1 Å². The van der Waals surface area contributed by atoms with Gasteiger partial charge in [-0.05, 0) is 43.5 Å². The molecule has 2 aliphatic heterocycles. The second-order valence-corrected chi connectivity index (χ2v) is 11.8. The minimum absolute atomic E-state index is 0.0367. The average Bonchev–Trinajstić information content (AvgIpc) is 3.09. The zero-order valence-electron chi connectivity index (χ0n) is 16.5. The van der Waals surface area contributed by atoms with Gasteiger partial charge in [0, 0.05) is 18.1 Å². The summed E-state index contributed by atoms with van der Waals surface area (Å²) >= 11 is 7.55. The van der Waals surface area contributed by atoms with Crippen molar-refractivity contribution >= 4 is 38.6 Å². The van der Waals surface area contributed by atoms with E-state index in [4.69, 9.17) is 22.1 Å². The van der Waals surface area contributed by atoms with Gasteiger partial charge in [0.1, 0.15) is 16.1 Å². The number of sulfone groups is 1. The molecule has 2 N–H and O–H groups in total.